The summed E-state index contributed by atoms with van der Waals surface area (Å²) in [5, 5.41) is 12.9. The minimum absolute atomic E-state index is 0.193. The second-order valence-corrected chi connectivity index (χ2v) is 8.22. The Balaban J connectivity index is 1.26. The van der Waals surface area contributed by atoms with E-state index in [2.05, 4.69) is 30.6 Å². The number of aromatic amines is 1. The number of ether oxygens (including phenoxy) is 2. The fourth-order valence-corrected chi connectivity index (χ4v) is 3.64. The Morgan fingerprint density at radius 3 is 2.64 bits per heavy atom. The van der Waals surface area contributed by atoms with Gasteiger partial charge in [0.15, 0.2) is 0 Å². The van der Waals surface area contributed by atoms with Gasteiger partial charge in [-0.2, -0.15) is 5.10 Å². The van der Waals surface area contributed by atoms with Crippen LogP contribution in [0.4, 0.5) is 30.6 Å². The van der Waals surface area contributed by atoms with Crippen molar-refractivity contribution in [1.82, 2.24) is 25.1 Å². The van der Waals surface area contributed by atoms with Crippen LogP contribution in [0.3, 0.4) is 0 Å². The molecule has 188 valence electrons. The highest BCUT2D eigenvalue weighted by atomic mass is 19.4. The summed E-state index contributed by atoms with van der Waals surface area (Å²) in [7, 11) is 0. The van der Waals surface area contributed by atoms with E-state index in [1.54, 1.807) is 10.6 Å². The number of imidazole rings is 1. The number of nitrogens with one attached hydrogen (secondary N) is 3. The van der Waals surface area contributed by atoms with E-state index in [1.807, 2.05) is 12.1 Å². The Labute approximate surface area is 202 Å². The number of hydrogen-bond donors (Lipinski definition) is 4. The number of H-pyrrole nitrogens is 1. The summed E-state index contributed by atoms with van der Waals surface area (Å²) >= 11 is 0. The number of hydrogen-bond acceptors (Lipinski definition) is 7. The number of anilines is 3. The molecule has 2 aromatic heterocycles. The highest BCUT2D eigenvalue weighted by molar-refractivity contribution is 5.99. The Hall–Kier alpha value is -4.42. The van der Waals surface area contributed by atoms with Gasteiger partial charge in [0.05, 0.1) is 23.8 Å². The summed E-state index contributed by atoms with van der Waals surface area (Å²) < 4.78 is 48.2. The number of benzene rings is 2. The van der Waals surface area contributed by atoms with E-state index in [9.17, 15) is 18.0 Å². The first kappa shape index (κ1) is 23.3. The maximum atomic E-state index is 12.4. The van der Waals surface area contributed by atoms with E-state index < -0.39 is 6.36 Å². The van der Waals surface area contributed by atoms with Gasteiger partial charge in [-0.15, -0.1) is 13.2 Å². The molecule has 1 aliphatic carbocycles. The maximum absolute atomic E-state index is 12.4. The predicted molar refractivity (Wildman–Crippen MR) is 125 cm³/mol. The molecule has 5 N–H and O–H groups in total. The van der Waals surface area contributed by atoms with Crippen LogP contribution in [0.2, 0.25) is 0 Å². The van der Waals surface area contributed by atoms with Crippen LogP contribution in [-0.2, 0) is 6.54 Å². The van der Waals surface area contributed by atoms with Crippen molar-refractivity contribution in [3.8, 4) is 11.5 Å². The van der Waals surface area contributed by atoms with Crippen molar-refractivity contribution in [1.29, 1.82) is 0 Å². The lowest BCUT2D eigenvalue weighted by atomic mass is 10.2. The van der Waals surface area contributed by atoms with Crippen molar-refractivity contribution < 1.29 is 27.4 Å². The molecule has 0 bridgehead atoms. The van der Waals surface area contributed by atoms with Crippen molar-refractivity contribution in [2.45, 2.75) is 31.8 Å². The van der Waals surface area contributed by atoms with Crippen LogP contribution in [0.1, 0.15) is 23.2 Å². The highest BCUT2D eigenvalue weighted by Gasteiger charge is 2.31. The first-order chi connectivity index (χ1) is 17.2. The molecule has 5 rings (SSSR count). The van der Waals surface area contributed by atoms with E-state index in [0.717, 1.165) is 18.4 Å². The van der Waals surface area contributed by atoms with E-state index in [-0.39, 0.29) is 30.3 Å². The van der Waals surface area contributed by atoms with Gasteiger partial charge in [-0.25, -0.2) is 4.98 Å². The number of nitrogens with zero attached hydrogens (tertiary/aromatic N) is 3. The van der Waals surface area contributed by atoms with E-state index >= 15 is 0 Å². The smallest absolute Gasteiger partial charge is 0.492 e. The molecule has 0 unspecified atom stereocenters. The van der Waals surface area contributed by atoms with Gasteiger partial charge in [0.2, 0.25) is 5.95 Å². The highest BCUT2D eigenvalue weighted by Crippen LogP contribution is 2.27. The summed E-state index contributed by atoms with van der Waals surface area (Å²) in [6.07, 6.45) is -1.32. The standard InChI is InChI=1S/C23H22F3N7O3/c24-23(25,26)36-16-6-4-15(5-7-16)35-10-9-33-19-11-14(3-8-18(19)31-22(33)27)29-20-17(12-28-32-20)21(34)30-13-1-2-13/h3-8,11-13H,1-2,9-10H2,(H2,27,31)(H,30,34)(H2,28,29,32). The van der Waals surface area contributed by atoms with Crippen molar-refractivity contribution >= 4 is 34.4 Å². The molecular weight excluding hydrogens is 479 g/mol. The molecule has 1 amide bonds. The van der Waals surface area contributed by atoms with Crippen molar-refractivity contribution in [3.63, 3.8) is 0 Å². The van der Waals surface area contributed by atoms with E-state index in [0.29, 0.717) is 34.9 Å². The lowest BCUT2D eigenvalue weighted by molar-refractivity contribution is -0.274. The summed E-state index contributed by atoms with van der Waals surface area (Å²) in [5.41, 5.74) is 8.60. The lowest BCUT2D eigenvalue weighted by Crippen LogP contribution is -2.25. The third kappa shape index (κ3) is 5.45. The van der Waals surface area contributed by atoms with Crippen LogP contribution < -0.4 is 25.8 Å². The molecule has 0 saturated heterocycles. The number of halogens is 3. The van der Waals surface area contributed by atoms with Gasteiger partial charge in [-0.05, 0) is 55.3 Å². The quantitative estimate of drug-likeness (QED) is 0.273. The van der Waals surface area contributed by atoms with Gasteiger partial charge in [-0.3, -0.25) is 9.89 Å². The van der Waals surface area contributed by atoms with E-state index in [1.165, 1.54) is 30.5 Å². The number of amides is 1. The topological polar surface area (TPSA) is 132 Å². The number of nitrogen functional groups attached to an aromatic ring is 1. The first-order valence-electron chi connectivity index (χ1n) is 11.1. The number of nitrogens with two attached hydrogens (primary N) is 1. The maximum Gasteiger partial charge on any atom is 0.573 e. The first-order valence-corrected chi connectivity index (χ1v) is 11.1. The number of fused-ring (bicyclic) bond motifs is 1. The van der Waals surface area contributed by atoms with Gasteiger partial charge in [-0.1, -0.05) is 0 Å². The molecule has 4 aromatic rings. The van der Waals surface area contributed by atoms with Gasteiger partial charge in [0.25, 0.3) is 5.91 Å². The zero-order chi connectivity index (χ0) is 25.3. The number of carbonyl (C=O) groups excluding carboxylic acids is 1. The Morgan fingerprint density at radius 1 is 1.17 bits per heavy atom. The normalized spacial score (nSPS) is 13.5. The monoisotopic (exact) mass is 501 g/mol. The largest absolute Gasteiger partial charge is 0.573 e. The number of aromatic nitrogens is 4. The predicted octanol–water partition coefficient (Wildman–Crippen LogP) is 3.96. The Bertz CT molecular complexity index is 1380. The number of alkyl halides is 3. The number of carbonyl (C=O) groups is 1. The molecule has 36 heavy (non-hydrogen) atoms. The zero-order valence-corrected chi connectivity index (χ0v) is 18.8. The van der Waals surface area contributed by atoms with Crippen LogP contribution in [0, 0.1) is 0 Å². The van der Waals surface area contributed by atoms with Gasteiger partial charge >= 0.3 is 6.36 Å². The molecule has 0 aliphatic heterocycles. The minimum atomic E-state index is -4.75. The summed E-state index contributed by atoms with van der Waals surface area (Å²) in [4.78, 5) is 16.8. The summed E-state index contributed by atoms with van der Waals surface area (Å²) in [6.45, 7) is 0.532. The third-order valence-electron chi connectivity index (χ3n) is 5.48. The van der Waals surface area contributed by atoms with E-state index in [4.69, 9.17) is 10.5 Å². The lowest BCUT2D eigenvalue weighted by Gasteiger charge is -2.12. The molecule has 1 saturated carbocycles. The molecule has 2 aromatic carbocycles. The van der Waals surface area contributed by atoms with Crippen LogP contribution in [0.5, 0.6) is 11.5 Å². The molecule has 10 nitrogen and oxygen atoms in total. The molecule has 0 atom stereocenters. The molecule has 1 fully saturated rings. The molecule has 1 aliphatic rings. The van der Waals surface area contributed by atoms with Gasteiger partial charge in [0.1, 0.15) is 29.5 Å². The Kier molecular flexibility index (Phi) is 6.04. The van der Waals surface area contributed by atoms with Crippen molar-refractivity contribution in [2.24, 2.45) is 0 Å². The summed E-state index contributed by atoms with van der Waals surface area (Å²) in [5.74, 6) is 0.606. The number of rotatable bonds is 9. The second-order valence-electron chi connectivity index (χ2n) is 8.22. The molecule has 0 spiro atoms. The van der Waals surface area contributed by atoms with Crippen molar-refractivity contribution in [2.75, 3.05) is 17.7 Å². The molecule has 0 radical (unpaired) electrons. The summed E-state index contributed by atoms with van der Waals surface area (Å²) in [6, 6.07) is 10.8. The average Bonchev–Trinajstić information content (AvgIpc) is 3.42. The second kappa shape index (κ2) is 9.32. The minimum Gasteiger partial charge on any atom is -0.492 e. The zero-order valence-electron chi connectivity index (χ0n) is 18.8. The van der Waals surface area contributed by atoms with Gasteiger partial charge in [0, 0.05) is 11.7 Å². The molecular formula is C23H22F3N7O3. The van der Waals surface area contributed by atoms with Gasteiger partial charge < -0.3 is 30.4 Å². The average molecular weight is 501 g/mol. The van der Waals surface area contributed by atoms with Crippen LogP contribution in [0.15, 0.2) is 48.7 Å². The molecule has 2 heterocycles. The fraction of sp³-hybridized carbons (Fsp3) is 0.261. The Morgan fingerprint density at radius 2 is 1.92 bits per heavy atom. The molecule has 13 heteroatoms. The van der Waals surface area contributed by atoms with Crippen LogP contribution in [0.25, 0.3) is 11.0 Å². The SMILES string of the molecule is Nc1nc2ccc(Nc3[nH]ncc3C(=O)NC3CC3)cc2n1CCOc1ccc(OC(F)(F)F)cc1. The fourth-order valence-electron chi connectivity index (χ4n) is 3.64. The van der Waals surface area contributed by atoms with Crippen LogP contribution in [-0.4, -0.2) is 44.7 Å². The third-order valence-corrected chi connectivity index (χ3v) is 5.48. The van der Waals surface area contributed by atoms with Crippen molar-refractivity contribution in [3.05, 3.63) is 54.2 Å². The van der Waals surface area contributed by atoms with Crippen LogP contribution >= 0.6 is 0 Å².